The first-order valence-corrected chi connectivity index (χ1v) is 9.00. The van der Waals surface area contributed by atoms with Crippen LogP contribution in [0.25, 0.3) is 11.1 Å². The second-order valence-corrected chi connectivity index (χ2v) is 7.53. The Balaban J connectivity index is 1.84. The minimum atomic E-state index is -0.440. The molecule has 4 heteroatoms. The molecule has 0 bridgehead atoms. The van der Waals surface area contributed by atoms with Crippen molar-refractivity contribution < 1.29 is 9.59 Å². The van der Waals surface area contributed by atoms with Crippen molar-refractivity contribution >= 4 is 11.8 Å². The molecule has 0 saturated heterocycles. The SMILES string of the molecule is CC(NC(=O)CCNC(=O)C(C)(C)C)c1ccc(-c2ccccc2)cc1. The van der Waals surface area contributed by atoms with Crippen LogP contribution in [-0.2, 0) is 9.59 Å². The molecule has 2 N–H and O–H groups in total. The van der Waals surface area contributed by atoms with Crippen LogP contribution in [0, 0.1) is 5.41 Å². The first-order valence-electron chi connectivity index (χ1n) is 9.00. The van der Waals surface area contributed by atoms with Gasteiger partial charge >= 0.3 is 0 Å². The van der Waals surface area contributed by atoms with Crippen LogP contribution in [0.15, 0.2) is 54.6 Å². The van der Waals surface area contributed by atoms with Crippen LogP contribution in [-0.4, -0.2) is 18.4 Å². The Morgan fingerprint density at radius 3 is 2.08 bits per heavy atom. The van der Waals surface area contributed by atoms with Crippen molar-refractivity contribution in [2.75, 3.05) is 6.54 Å². The molecule has 0 heterocycles. The zero-order chi connectivity index (χ0) is 19.2. The molecule has 1 unspecified atom stereocenters. The molecule has 0 aliphatic rings. The predicted molar refractivity (Wildman–Crippen MR) is 106 cm³/mol. The van der Waals surface area contributed by atoms with E-state index in [2.05, 4.69) is 34.9 Å². The lowest BCUT2D eigenvalue weighted by atomic mass is 9.96. The van der Waals surface area contributed by atoms with Crippen molar-refractivity contribution in [2.24, 2.45) is 5.41 Å². The van der Waals surface area contributed by atoms with E-state index in [-0.39, 0.29) is 24.3 Å². The van der Waals surface area contributed by atoms with E-state index in [0.717, 1.165) is 11.1 Å². The molecule has 0 fully saturated rings. The Labute approximate surface area is 156 Å². The quantitative estimate of drug-likeness (QED) is 0.823. The maximum atomic E-state index is 12.1. The van der Waals surface area contributed by atoms with Crippen LogP contribution in [0.3, 0.4) is 0 Å². The van der Waals surface area contributed by atoms with E-state index in [4.69, 9.17) is 0 Å². The van der Waals surface area contributed by atoms with Crippen molar-refractivity contribution in [3.63, 3.8) is 0 Å². The summed E-state index contributed by atoms with van der Waals surface area (Å²) in [6, 6.07) is 18.3. The van der Waals surface area contributed by atoms with Gasteiger partial charge in [-0.1, -0.05) is 75.4 Å². The molecule has 1 atom stereocenters. The molecular formula is C22H28N2O2. The number of nitrogens with one attached hydrogen (secondary N) is 2. The van der Waals surface area contributed by atoms with Gasteiger partial charge in [0.05, 0.1) is 6.04 Å². The van der Waals surface area contributed by atoms with Gasteiger partial charge in [-0.05, 0) is 23.6 Å². The van der Waals surface area contributed by atoms with Crippen LogP contribution in [0.5, 0.6) is 0 Å². The topological polar surface area (TPSA) is 58.2 Å². The molecule has 0 aliphatic carbocycles. The minimum Gasteiger partial charge on any atom is -0.355 e. The summed E-state index contributed by atoms with van der Waals surface area (Å²) in [5.41, 5.74) is 2.93. The van der Waals surface area contributed by atoms with Crippen molar-refractivity contribution in [3.05, 3.63) is 60.2 Å². The van der Waals surface area contributed by atoms with E-state index in [0.29, 0.717) is 6.54 Å². The smallest absolute Gasteiger partial charge is 0.225 e. The summed E-state index contributed by atoms with van der Waals surface area (Å²) >= 11 is 0. The summed E-state index contributed by atoms with van der Waals surface area (Å²) in [4.78, 5) is 23.9. The van der Waals surface area contributed by atoms with Gasteiger partial charge < -0.3 is 10.6 Å². The van der Waals surface area contributed by atoms with Gasteiger partial charge in [-0.15, -0.1) is 0 Å². The molecule has 2 amide bonds. The van der Waals surface area contributed by atoms with Gasteiger partial charge in [0.15, 0.2) is 0 Å². The number of carbonyl (C=O) groups is 2. The highest BCUT2D eigenvalue weighted by Crippen LogP contribution is 2.21. The van der Waals surface area contributed by atoms with E-state index in [9.17, 15) is 9.59 Å². The lowest BCUT2D eigenvalue weighted by Gasteiger charge is -2.18. The third-order valence-corrected chi connectivity index (χ3v) is 4.21. The van der Waals surface area contributed by atoms with Gasteiger partial charge in [0.25, 0.3) is 0 Å². The third-order valence-electron chi connectivity index (χ3n) is 4.21. The number of amides is 2. The highest BCUT2D eigenvalue weighted by atomic mass is 16.2. The zero-order valence-electron chi connectivity index (χ0n) is 16.0. The average molecular weight is 352 g/mol. The summed E-state index contributed by atoms with van der Waals surface area (Å²) < 4.78 is 0. The second kappa shape index (κ2) is 8.65. The fourth-order valence-corrected chi connectivity index (χ4v) is 2.55. The number of hydrogen-bond donors (Lipinski definition) is 2. The summed E-state index contributed by atoms with van der Waals surface area (Å²) in [6.45, 7) is 7.86. The number of hydrogen-bond acceptors (Lipinski definition) is 2. The molecule has 2 rings (SSSR count). The normalized spacial score (nSPS) is 12.3. The molecule has 0 aliphatic heterocycles. The van der Waals surface area contributed by atoms with Crippen LogP contribution in [0.2, 0.25) is 0 Å². The highest BCUT2D eigenvalue weighted by molar-refractivity contribution is 5.82. The standard InChI is InChI=1S/C22H28N2O2/c1-16(24-20(25)14-15-23-21(26)22(2,3)4)17-10-12-19(13-11-17)18-8-6-5-7-9-18/h5-13,16H,14-15H2,1-4H3,(H,23,26)(H,24,25). The van der Waals surface area contributed by atoms with Gasteiger partial charge in [0.1, 0.15) is 0 Å². The number of carbonyl (C=O) groups excluding carboxylic acids is 2. The van der Waals surface area contributed by atoms with Crippen molar-refractivity contribution in [1.82, 2.24) is 10.6 Å². The monoisotopic (exact) mass is 352 g/mol. The molecule has 2 aromatic carbocycles. The average Bonchev–Trinajstić information content (AvgIpc) is 2.61. The van der Waals surface area contributed by atoms with Crippen molar-refractivity contribution in [2.45, 2.75) is 40.2 Å². The first kappa shape index (κ1) is 19.7. The Morgan fingerprint density at radius 1 is 0.923 bits per heavy atom. The predicted octanol–water partition coefficient (Wildman–Crippen LogP) is 4.08. The summed E-state index contributed by atoms with van der Waals surface area (Å²) in [6.07, 6.45) is 0.272. The lowest BCUT2D eigenvalue weighted by Crippen LogP contribution is -2.37. The van der Waals surface area contributed by atoms with Gasteiger partial charge in [-0.3, -0.25) is 9.59 Å². The van der Waals surface area contributed by atoms with Crippen LogP contribution in [0.4, 0.5) is 0 Å². The molecule has 4 nitrogen and oxygen atoms in total. The third kappa shape index (κ3) is 5.73. The van der Waals surface area contributed by atoms with Crippen molar-refractivity contribution in [1.29, 1.82) is 0 Å². The van der Waals surface area contributed by atoms with E-state index in [1.54, 1.807) is 0 Å². The first-order chi connectivity index (χ1) is 12.3. The highest BCUT2D eigenvalue weighted by Gasteiger charge is 2.20. The van der Waals surface area contributed by atoms with E-state index >= 15 is 0 Å². The maximum Gasteiger partial charge on any atom is 0.225 e. The van der Waals surface area contributed by atoms with Gasteiger partial charge in [-0.25, -0.2) is 0 Å². The lowest BCUT2D eigenvalue weighted by molar-refractivity contribution is -0.128. The summed E-state index contributed by atoms with van der Waals surface area (Å²) in [5, 5.41) is 5.77. The fraction of sp³-hybridized carbons (Fsp3) is 0.364. The van der Waals surface area contributed by atoms with Crippen molar-refractivity contribution in [3.8, 4) is 11.1 Å². The van der Waals surface area contributed by atoms with Crippen LogP contribution < -0.4 is 10.6 Å². The molecule has 138 valence electrons. The van der Waals surface area contributed by atoms with Gasteiger partial charge in [0.2, 0.25) is 11.8 Å². The fourth-order valence-electron chi connectivity index (χ4n) is 2.55. The van der Waals surface area contributed by atoms with Crippen LogP contribution >= 0.6 is 0 Å². The van der Waals surface area contributed by atoms with Gasteiger partial charge in [-0.2, -0.15) is 0 Å². The van der Waals surface area contributed by atoms with E-state index < -0.39 is 5.41 Å². The molecule has 0 radical (unpaired) electrons. The largest absolute Gasteiger partial charge is 0.355 e. The molecule has 0 spiro atoms. The van der Waals surface area contributed by atoms with E-state index in [1.807, 2.05) is 58.0 Å². The van der Waals surface area contributed by atoms with Gasteiger partial charge in [0, 0.05) is 18.4 Å². The number of benzene rings is 2. The molecule has 0 aromatic heterocycles. The molecule has 0 saturated carbocycles. The maximum absolute atomic E-state index is 12.1. The molecular weight excluding hydrogens is 324 g/mol. The Morgan fingerprint density at radius 2 is 1.50 bits per heavy atom. The Hall–Kier alpha value is -2.62. The Kier molecular flexibility index (Phi) is 6.56. The second-order valence-electron chi connectivity index (χ2n) is 7.53. The zero-order valence-corrected chi connectivity index (χ0v) is 16.0. The molecule has 26 heavy (non-hydrogen) atoms. The number of rotatable bonds is 6. The van der Waals surface area contributed by atoms with Crippen LogP contribution in [0.1, 0.15) is 45.7 Å². The Bertz CT molecular complexity index is 731. The van der Waals surface area contributed by atoms with E-state index in [1.165, 1.54) is 5.56 Å². The summed E-state index contributed by atoms with van der Waals surface area (Å²) in [7, 11) is 0. The minimum absolute atomic E-state index is 0.0464. The molecule has 2 aromatic rings. The summed E-state index contributed by atoms with van der Waals surface area (Å²) in [5.74, 6) is -0.117.